The van der Waals surface area contributed by atoms with Gasteiger partial charge in [-0.25, -0.2) is 14.4 Å². The molecule has 0 fully saturated rings. The van der Waals surface area contributed by atoms with Crippen molar-refractivity contribution in [1.82, 2.24) is 15.3 Å². The van der Waals surface area contributed by atoms with Crippen molar-refractivity contribution >= 4 is 11.9 Å². The Bertz CT molecular complexity index is 963. The molecule has 0 bridgehead atoms. The normalized spacial score (nSPS) is 10.3. The Hall–Kier alpha value is -3.68. The number of carbonyl (C=O) groups is 1. The van der Waals surface area contributed by atoms with Crippen LogP contribution in [0.5, 0.6) is 11.5 Å². The summed E-state index contributed by atoms with van der Waals surface area (Å²) in [5.41, 5.74) is 2.10. The molecule has 0 aliphatic heterocycles. The predicted molar refractivity (Wildman–Crippen MR) is 106 cm³/mol. The van der Waals surface area contributed by atoms with E-state index < -0.39 is 0 Å². The first-order chi connectivity index (χ1) is 14.1. The second kappa shape index (κ2) is 9.50. The number of amides is 1. The summed E-state index contributed by atoms with van der Waals surface area (Å²) in [5, 5.41) is 5.84. The van der Waals surface area contributed by atoms with Crippen LogP contribution in [0.3, 0.4) is 0 Å². The molecular formula is C21H21FN4O3. The second-order valence-electron chi connectivity index (χ2n) is 6.15. The molecule has 1 amide bonds. The molecular weight excluding hydrogens is 375 g/mol. The van der Waals surface area contributed by atoms with Gasteiger partial charge in [0.2, 0.25) is 5.95 Å². The molecule has 0 saturated heterocycles. The number of anilines is 1. The molecule has 3 rings (SSSR count). The molecule has 1 heterocycles. The van der Waals surface area contributed by atoms with Crippen LogP contribution in [-0.4, -0.2) is 30.1 Å². The Morgan fingerprint density at radius 3 is 2.24 bits per heavy atom. The molecule has 7 nitrogen and oxygen atoms in total. The Labute approximate surface area is 167 Å². The summed E-state index contributed by atoms with van der Waals surface area (Å²) in [7, 11) is 3.17. The van der Waals surface area contributed by atoms with Gasteiger partial charge in [-0.2, -0.15) is 0 Å². The summed E-state index contributed by atoms with van der Waals surface area (Å²) in [4.78, 5) is 20.5. The average molecular weight is 396 g/mol. The molecule has 2 aromatic carbocycles. The van der Waals surface area contributed by atoms with Crippen LogP contribution >= 0.6 is 0 Å². The first kappa shape index (κ1) is 20.1. The number of benzene rings is 2. The van der Waals surface area contributed by atoms with E-state index in [1.54, 1.807) is 26.4 Å². The lowest BCUT2D eigenvalue weighted by Crippen LogP contribution is -2.23. The summed E-state index contributed by atoms with van der Waals surface area (Å²) >= 11 is 0. The van der Waals surface area contributed by atoms with Crippen molar-refractivity contribution < 1.29 is 18.7 Å². The third-order valence-electron chi connectivity index (χ3n) is 4.18. The fourth-order valence-corrected chi connectivity index (χ4v) is 2.59. The number of nitrogens with one attached hydrogen (secondary N) is 2. The van der Waals surface area contributed by atoms with Gasteiger partial charge >= 0.3 is 0 Å². The Kier molecular flexibility index (Phi) is 6.57. The van der Waals surface area contributed by atoms with E-state index in [9.17, 15) is 9.18 Å². The van der Waals surface area contributed by atoms with Crippen LogP contribution in [0.15, 0.2) is 54.9 Å². The van der Waals surface area contributed by atoms with Crippen molar-refractivity contribution in [2.75, 3.05) is 19.5 Å². The van der Waals surface area contributed by atoms with E-state index >= 15 is 0 Å². The average Bonchev–Trinajstić information content (AvgIpc) is 2.77. The molecule has 2 N–H and O–H groups in total. The number of nitrogens with zero attached hydrogens (tertiary/aromatic N) is 2. The van der Waals surface area contributed by atoms with Crippen LogP contribution in [-0.2, 0) is 13.1 Å². The Balaban J connectivity index is 1.54. The molecule has 0 spiro atoms. The van der Waals surface area contributed by atoms with Gasteiger partial charge in [-0.05, 0) is 35.4 Å². The largest absolute Gasteiger partial charge is 0.493 e. The van der Waals surface area contributed by atoms with E-state index in [0.29, 0.717) is 36.1 Å². The third-order valence-corrected chi connectivity index (χ3v) is 4.18. The van der Waals surface area contributed by atoms with Gasteiger partial charge < -0.3 is 20.1 Å². The summed E-state index contributed by atoms with van der Waals surface area (Å²) in [6, 6.07) is 11.5. The highest BCUT2D eigenvalue weighted by molar-refractivity contribution is 5.93. The van der Waals surface area contributed by atoms with E-state index in [1.807, 2.05) is 18.2 Å². The molecule has 0 atom stereocenters. The van der Waals surface area contributed by atoms with E-state index in [4.69, 9.17) is 9.47 Å². The minimum atomic E-state index is -0.315. The molecule has 8 heteroatoms. The van der Waals surface area contributed by atoms with Crippen LogP contribution in [0.2, 0.25) is 0 Å². The number of methoxy groups -OCH3 is 2. The standard InChI is InChI=1S/C21H21FN4O3/c1-28-18-8-5-15(9-19(18)29-2)11-24-21-25-12-16(13-26-21)20(27)23-10-14-3-6-17(22)7-4-14/h3-9,12-13H,10-11H2,1-2H3,(H,23,27)(H,24,25,26). The van der Waals surface area contributed by atoms with Crippen LogP contribution in [0.4, 0.5) is 10.3 Å². The zero-order chi connectivity index (χ0) is 20.6. The number of aromatic nitrogens is 2. The lowest BCUT2D eigenvalue weighted by atomic mass is 10.2. The first-order valence-corrected chi connectivity index (χ1v) is 8.88. The monoisotopic (exact) mass is 396 g/mol. The van der Waals surface area contributed by atoms with Gasteiger partial charge in [0.15, 0.2) is 11.5 Å². The van der Waals surface area contributed by atoms with Crippen molar-refractivity contribution in [3.05, 3.63) is 77.4 Å². The van der Waals surface area contributed by atoms with Gasteiger partial charge in [0.1, 0.15) is 5.82 Å². The van der Waals surface area contributed by atoms with Crippen LogP contribution < -0.4 is 20.1 Å². The Morgan fingerprint density at radius 2 is 1.59 bits per heavy atom. The molecule has 0 aliphatic rings. The molecule has 1 aromatic heterocycles. The van der Waals surface area contributed by atoms with E-state index in [2.05, 4.69) is 20.6 Å². The summed E-state index contributed by atoms with van der Waals surface area (Å²) < 4.78 is 23.4. The van der Waals surface area contributed by atoms with Gasteiger partial charge in [-0.15, -0.1) is 0 Å². The summed E-state index contributed by atoms with van der Waals surface area (Å²) in [6.07, 6.45) is 2.90. The zero-order valence-corrected chi connectivity index (χ0v) is 16.1. The fourth-order valence-electron chi connectivity index (χ4n) is 2.59. The summed E-state index contributed by atoms with van der Waals surface area (Å²) in [6.45, 7) is 0.773. The number of rotatable bonds is 8. The van der Waals surface area contributed by atoms with E-state index in [-0.39, 0.29) is 11.7 Å². The van der Waals surface area contributed by atoms with Gasteiger partial charge in [0, 0.05) is 25.5 Å². The van der Waals surface area contributed by atoms with Crippen molar-refractivity contribution in [3.63, 3.8) is 0 Å². The quantitative estimate of drug-likeness (QED) is 0.608. The molecule has 29 heavy (non-hydrogen) atoms. The zero-order valence-electron chi connectivity index (χ0n) is 16.1. The lowest BCUT2D eigenvalue weighted by molar-refractivity contribution is 0.0950. The van der Waals surface area contributed by atoms with Gasteiger partial charge in [-0.3, -0.25) is 4.79 Å². The third kappa shape index (κ3) is 5.41. The lowest BCUT2D eigenvalue weighted by Gasteiger charge is -2.10. The van der Waals surface area contributed by atoms with Crippen molar-refractivity contribution in [2.45, 2.75) is 13.1 Å². The highest BCUT2D eigenvalue weighted by atomic mass is 19.1. The van der Waals surface area contributed by atoms with Crippen molar-refractivity contribution in [3.8, 4) is 11.5 Å². The number of hydrogen-bond donors (Lipinski definition) is 2. The highest BCUT2D eigenvalue weighted by Gasteiger charge is 2.08. The number of ether oxygens (including phenoxy) is 2. The number of halogens is 1. The minimum absolute atomic E-state index is 0.290. The van der Waals surface area contributed by atoms with Gasteiger partial charge in [0.25, 0.3) is 5.91 Å². The van der Waals surface area contributed by atoms with Gasteiger partial charge in [-0.1, -0.05) is 18.2 Å². The van der Waals surface area contributed by atoms with E-state index in [1.165, 1.54) is 24.5 Å². The molecule has 150 valence electrons. The van der Waals surface area contributed by atoms with E-state index in [0.717, 1.165) is 11.1 Å². The summed E-state index contributed by atoms with van der Waals surface area (Å²) in [5.74, 6) is 1.07. The maximum atomic E-state index is 12.9. The molecule has 0 radical (unpaired) electrons. The maximum Gasteiger partial charge on any atom is 0.254 e. The first-order valence-electron chi connectivity index (χ1n) is 8.88. The van der Waals surface area contributed by atoms with Crippen LogP contribution in [0, 0.1) is 5.82 Å². The topological polar surface area (TPSA) is 85.4 Å². The molecule has 0 unspecified atom stereocenters. The molecule has 3 aromatic rings. The van der Waals surface area contributed by atoms with Crippen LogP contribution in [0.1, 0.15) is 21.5 Å². The highest BCUT2D eigenvalue weighted by Crippen LogP contribution is 2.27. The SMILES string of the molecule is COc1ccc(CNc2ncc(C(=O)NCc3ccc(F)cc3)cn2)cc1OC. The molecule has 0 aliphatic carbocycles. The van der Waals surface area contributed by atoms with Gasteiger partial charge in [0.05, 0.1) is 19.8 Å². The van der Waals surface area contributed by atoms with Crippen LogP contribution in [0.25, 0.3) is 0 Å². The maximum absolute atomic E-state index is 12.9. The predicted octanol–water partition coefficient (Wildman–Crippen LogP) is 3.18. The minimum Gasteiger partial charge on any atom is -0.493 e. The molecule has 0 saturated carbocycles. The number of carbonyl (C=O) groups excluding carboxylic acids is 1. The Morgan fingerprint density at radius 1 is 0.931 bits per heavy atom. The second-order valence-corrected chi connectivity index (χ2v) is 6.15. The smallest absolute Gasteiger partial charge is 0.254 e. The van der Waals surface area contributed by atoms with Crippen molar-refractivity contribution in [1.29, 1.82) is 0 Å². The number of hydrogen-bond acceptors (Lipinski definition) is 6. The van der Waals surface area contributed by atoms with Crippen molar-refractivity contribution in [2.24, 2.45) is 0 Å². The fraction of sp³-hybridized carbons (Fsp3) is 0.190.